The second-order valence-electron chi connectivity index (χ2n) is 5.75. The molecule has 1 aliphatic rings. The molecule has 2 atom stereocenters. The van der Waals surface area contributed by atoms with E-state index in [-0.39, 0.29) is 11.6 Å². The zero-order valence-electron chi connectivity index (χ0n) is 12.8. The van der Waals surface area contributed by atoms with Crippen LogP contribution in [0.5, 0.6) is 0 Å². The molecule has 0 bridgehead atoms. The molecule has 2 rings (SSSR count). The molecule has 0 saturated carbocycles. The van der Waals surface area contributed by atoms with Gasteiger partial charge < -0.3 is 10.1 Å². The van der Waals surface area contributed by atoms with Gasteiger partial charge in [0.25, 0.3) is 0 Å². The predicted molar refractivity (Wildman–Crippen MR) is 84.8 cm³/mol. The minimum absolute atomic E-state index is 0.136. The molecule has 1 aromatic heterocycles. The van der Waals surface area contributed by atoms with Crippen LogP contribution in [0.4, 0.5) is 0 Å². The molecule has 1 saturated heterocycles. The summed E-state index contributed by atoms with van der Waals surface area (Å²) in [6.07, 6.45) is 6.34. The van der Waals surface area contributed by atoms with E-state index in [1.165, 1.54) is 5.69 Å². The van der Waals surface area contributed by atoms with E-state index >= 15 is 0 Å². The third-order valence-electron chi connectivity index (χ3n) is 4.00. The summed E-state index contributed by atoms with van der Waals surface area (Å²) in [7, 11) is 0. The lowest BCUT2D eigenvalue weighted by molar-refractivity contribution is -0.0150. The molecule has 1 aliphatic heterocycles. The molecule has 1 aromatic rings. The van der Waals surface area contributed by atoms with Crippen LogP contribution in [-0.2, 0) is 11.3 Å². The first-order chi connectivity index (χ1) is 9.62. The van der Waals surface area contributed by atoms with E-state index < -0.39 is 0 Å². The summed E-state index contributed by atoms with van der Waals surface area (Å²) < 4.78 is 9.28. The standard InChI is InChI=1S/C15H26BrN3O/c1-4-8-17-14(15(3)7-6-10-20-15)13-12(16)11-18-19(13)9-5-2/h11,14,17H,4-10H2,1-3H3. The first-order valence-corrected chi connectivity index (χ1v) is 8.50. The van der Waals surface area contributed by atoms with Crippen molar-refractivity contribution in [2.75, 3.05) is 13.2 Å². The molecule has 20 heavy (non-hydrogen) atoms. The van der Waals surface area contributed by atoms with E-state index in [0.717, 1.165) is 49.9 Å². The largest absolute Gasteiger partial charge is 0.373 e. The van der Waals surface area contributed by atoms with Crippen molar-refractivity contribution >= 4 is 15.9 Å². The van der Waals surface area contributed by atoms with Gasteiger partial charge in [0.05, 0.1) is 28.0 Å². The number of halogens is 1. The molecule has 0 amide bonds. The van der Waals surface area contributed by atoms with Crippen LogP contribution >= 0.6 is 15.9 Å². The quantitative estimate of drug-likeness (QED) is 0.820. The summed E-state index contributed by atoms with van der Waals surface area (Å²) in [5, 5.41) is 8.19. The third-order valence-corrected chi connectivity index (χ3v) is 4.61. The van der Waals surface area contributed by atoms with Crippen LogP contribution in [0, 0.1) is 0 Å². The van der Waals surface area contributed by atoms with Crippen molar-refractivity contribution in [1.29, 1.82) is 0 Å². The molecule has 2 unspecified atom stereocenters. The topological polar surface area (TPSA) is 39.1 Å². The summed E-state index contributed by atoms with van der Waals surface area (Å²) >= 11 is 3.67. The van der Waals surface area contributed by atoms with Gasteiger partial charge in [-0.3, -0.25) is 4.68 Å². The lowest BCUT2D eigenvalue weighted by Crippen LogP contribution is -2.43. The lowest BCUT2D eigenvalue weighted by atomic mass is 9.90. The normalized spacial score (nSPS) is 24.2. The van der Waals surface area contributed by atoms with Crippen LogP contribution in [0.1, 0.15) is 58.2 Å². The average Bonchev–Trinajstić information content (AvgIpc) is 3.00. The van der Waals surface area contributed by atoms with Gasteiger partial charge in [-0.1, -0.05) is 13.8 Å². The van der Waals surface area contributed by atoms with Gasteiger partial charge in [-0.25, -0.2) is 0 Å². The molecule has 0 radical (unpaired) electrons. The molecule has 4 nitrogen and oxygen atoms in total. The molecule has 0 spiro atoms. The van der Waals surface area contributed by atoms with Gasteiger partial charge in [-0.05, 0) is 55.1 Å². The van der Waals surface area contributed by atoms with Crippen LogP contribution < -0.4 is 5.32 Å². The SMILES string of the molecule is CCCNC(c1c(Br)cnn1CCC)C1(C)CCCO1. The van der Waals surface area contributed by atoms with E-state index in [2.05, 4.69) is 51.8 Å². The van der Waals surface area contributed by atoms with Gasteiger partial charge in [0.1, 0.15) is 0 Å². The number of nitrogens with one attached hydrogen (secondary N) is 1. The van der Waals surface area contributed by atoms with Crippen molar-refractivity contribution < 1.29 is 4.74 Å². The number of hydrogen-bond acceptors (Lipinski definition) is 3. The highest BCUT2D eigenvalue weighted by atomic mass is 79.9. The van der Waals surface area contributed by atoms with Crippen molar-refractivity contribution in [2.24, 2.45) is 0 Å². The van der Waals surface area contributed by atoms with Crippen molar-refractivity contribution in [1.82, 2.24) is 15.1 Å². The molecule has 2 heterocycles. The molecule has 0 aliphatic carbocycles. The van der Waals surface area contributed by atoms with E-state index in [4.69, 9.17) is 4.74 Å². The molecule has 1 N–H and O–H groups in total. The van der Waals surface area contributed by atoms with Gasteiger partial charge in [0, 0.05) is 13.2 Å². The Kier molecular flexibility index (Phi) is 5.64. The van der Waals surface area contributed by atoms with Gasteiger partial charge >= 0.3 is 0 Å². The first kappa shape index (κ1) is 16.0. The molecule has 0 aromatic carbocycles. The monoisotopic (exact) mass is 343 g/mol. The average molecular weight is 344 g/mol. The van der Waals surface area contributed by atoms with Crippen LogP contribution in [-0.4, -0.2) is 28.5 Å². The van der Waals surface area contributed by atoms with Crippen molar-refractivity contribution in [2.45, 2.75) is 64.6 Å². The van der Waals surface area contributed by atoms with Crippen LogP contribution in [0.2, 0.25) is 0 Å². The fourth-order valence-corrected chi connectivity index (χ4v) is 3.49. The highest BCUT2D eigenvalue weighted by molar-refractivity contribution is 9.10. The minimum Gasteiger partial charge on any atom is -0.373 e. The second kappa shape index (κ2) is 7.05. The summed E-state index contributed by atoms with van der Waals surface area (Å²) in [6, 6.07) is 0.188. The summed E-state index contributed by atoms with van der Waals surface area (Å²) in [5.41, 5.74) is 1.09. The van der Waals surface area contributed by atoms with Gasteiger partial charge in [0.2, 0.25) is 0 Å². The fraction of sp³-hybridized carbons (Fsp3) is 0.800. The van der Waals surface area contributed by atoms with E-state index in [0.29, 0.717) is 0 Å². The minimum atomic E-state index is -0.136. The number of ether oxygens (including phenoxy) is 1. The van der Waals surface area contributed by atoms with E-state index in [9.17, 15) is 0 Å². The van der Waals surface area contributed by atoms with Crippen LogP contribution in [0.15, 0.2) is 10.7 Å². The maximum Gasteiger partial charge on any atom is 0.0864 e. The highest BCUT2D eigenvalue weighted by Gasteiger charge is 2.41. The number of nitrogens with zero attached hydrogens (tertiary/aromatic N) is 2. The Morgan fingerprint density at radius 2 is 2.30 bits per heavy atom. The Morgan fingerprint density at radius 3 is 2.90 bits per heavy atom. The van der Waals surface area contributed by atoms with Gasteiger partial charge in [0.15, 0.2) is 0 Å². The maximum atomic E-state index is 6.09. The number of aryl methyl sites for hydroxylation is 1. The molecular formula is C15H26BrN3O. The number of rotatable bonds is 7. The Hall–Kier alpha value is -0.390. The van der Waals surface area contributed by atoms with E-state index in [1.54, 1.807) is 0 Å². The Balaban J connectivity index is 2.32. The zero-order valence-corrected chi connectivity index (χ0v) is 14.4. The van der Waals surface area contributed by atoms with Crippen LogP contribution in [0.25, 0.3) is 0 Å². The third kappa shape index (κ3) is 3.26. The molecular weight excluding hydrogens is 318 g/mol. The van der Waals surface area contributed by atoms with Crippen molar-refractivity contribution in [3.8, 4) is 0 Å². The van der Waals surface area contributed by atoms with Gasteiger partial charge in [-0.15, -0.1) is 0 Å². The van der Waals surface area contributed by atoms with Crippen molar-refractivity contribution in [3.63, 3.8) is 0 Å². The van der Waals surface area contributed by atoms with E-state index in [1.807, 2.05) is 6.20 Å². The lowest BCUT2D eigenvalue weighted by Gasteiger charge is -2.35. The number of aromatic nitrogens is 2. The first-order valence-electron chi connectivity index (χ1n) is 7.71. The van der Waals surface area contributed by atoms with Crippen LogP contribution in [0.3, 0.4) is 0 Å². The summed E-state index contributed by atoms with van der Waals surface area (Å²) in [6.45, 7) is 9.40. The Labute approximate surface area is 130 Å². The molecule has 5 heteroatoms. The summed E-state index contributed by atoms with van der Waals surface area (Å²) in [5.74, 6) is 0. The predicted octanol–water partition coefficient (Wildman–Crippen LogP) is 3.67. The smallest absolute Gasteiger partial charge is 0.0864 e. The zero-order chi connectivity index (χ0) is 14.6. The Morgan fingerprint density at radius 1 is 1.50 bits per heavy atom. The summed E-state index contributed by atoms with van der Waals surface area (Å²) in [4.78, 5) is 0. The fourth-order valence-electron chi connectivity index (χ4n) is 2.97. The second-order valence-corrected chi connectivity index (χ2v) is 6.61. The Bertz CT molecular complexity index is 427. The molecule has 1 fully saturated rings. The number of hydrogen-bond donors (Lipinski definition) is 1. The van der Waals surface area contributed by atoms with Gasteiger partial charge in [-0.2, -0.15) is 5.10 Å². The molecule has 114 valence electrons. The van der Waals surface area contributed by atoms with Crippen molar-refractivity contribution in [3.05, 3.63) is 16.4 Å². The maximum absolute atomic E-state index is 6.09. The highest BCUT2D eigenvalue weighted by Crippen LogP contribution is 2.39.